The summed E-state index contributed by atoms with van der Waals surface area (Å²) in [6, 6.07) is 12.1. The number of aryl methyl sites for hydroxylation is 1. The van der Waals surface area contributed by atoms with Gasteiger partial charge in [-0.3, -0.25) is 9.89 Å². The Morgan fingerprint density at radius 3 is 2.96 bits per heavy atom. The molecule has 6 heteroatoms. The molecule has 0 bridgehead atoms. The number of thiophene rings is 1. The zero-order valence-electron chi connectivity index (χ0n) is 14.8. The van der Waals surface area contributed by atoms with E-state index in [9.17, 15) is 4.79 Å². The highest BCUT2D eigenvalue weighted by molar-refractivity contribution is 7.10. The average Bonchev–Trinajstić information content (AvgIpc) is 3.31. The number of fused-ring (bicyclic) bond motifs is 1. The lowest BCUT2D eigenvalue weighted by Gasteiger charge is -2.29. The molecule has 0 aliphatic carbocycles. The maximum absolute atomic E-state index is 12.3. The molecule has 0 saturated heterocycles. The molecule has 0 radical (unpaired) electrons. The standard InChI is InChI=1S/C20H22N4OS/c1-2-3-16-12-18(23-22-16)20(25)21-15-4-6-17(7-5-15)24-10-8-19-14(13-24)9-11-26-19/h4-7,9,11-12H,2-3,8,10,13H2,1H3,(H,21,25)(H,22,23). The molecular formula is C20H22N4OS. The van der Waals surface area contributed by atoms with Crippen LogP contribution in [0.3, 0.4) is 0 Å². The molecule has 134 valence electrons. The average molecular weight is 366 g/mol. The summed E-state index contributed by atoms with van der Waals surface area (Å²) in [6.07, 6.45) is 3.02. The molecule has 3 heterocycles. The van der Waals surface area contributed by atoms with E-state index in [0.29, 0.717) is 5.69 Å². The second-order valence-electron chi connectivity index (χ2n) is 6.57. The molecule has 0 saturated carbocycles. The number of hydrogen-bond donors (Lipinski definition) is 2. The van der Waals surface area contributed by atoms with Crippen LogP contribution in [-0.2, 0) is 19.4 Å². The van der Waals surface area contributed by atoms with Crippen LogP contribution in [0.4, 0.5) is 11.4 Å². The number of aromatic nitrogens is 2. The predicted octanol–water partition coefficient (Wildman–Crippen LogP) is 4.24. The number of nitrogens with zero attached hydrogens (tertiary/aromatic N) is 2. The summed E-state index contributed by atoms with van der Waals surface area (Å²) in [5.41, 5.74) is 4.82. The number of carbonyl (C=O) groups is 1. The first-order valence-electron chi connectivity index (χ1n) is 8.99. The zero-order valence-corrected chi connectivity index (χ0v) is 15.6. The fourth-order valence-electron chi connectivity index (χ4n) is 3.29. The summed E-state index contributed by atoms with van der Waals surface area (Å²) in [5, 5.41) is 12.1. The Labute approximate surface area is 157 Å². The summed E-state index contributed by atoms with van der Waals surface area (Å²) in [6.45, 7) is 4.09. The molecule has 0 atom stereocenters. The van der Waals surface area contributed by atoms with E-state index >= 15 is 0 Å². The van der Waals surface area contributed by atoms with Crippen molar-refractivity contribution in [2.24, 2.45) is 0 Å². The summed E-state index contributed by atoms with van der Waals surface area (Å²) in [4.78, 5) is 16.2. The molecule has 1 aliphatic heterocycles. The van der Waals surface area contributed by atoms with Gasteiger partial charge in [0.05, 0.1) is 0 Å². The lowest BCUT2D eigenvalue weighted by molar-refractivity contribution is 0.102. The number of hydrogen-bond acceptors (Lipinski definition) is 4. The van der Waals surface area contributed by atoms with Crippen molar-refractivity contribution in [3.8, 4) is 0 Å². The van der Waals surface area contributed by atoms with E-state index in [2.05, 4.69) is 50.9 Å². The van der Waals surface area contributed by atoms with Crippen LogP contribution in [0.25, 0.3) is 0 Å². The maximum atomic E-state index is 12.3. The third-order valence-corrected chi connectivity index (χ3v) is 5.70. The molecule has 5 nitrogen and oxygen atoms in total. The number of aromatic amines is 1. The van der Waals surface area contributed by atoms with Crippen LogP contribution in [0.5, 0.6) is 0 Å². The Kier molecular flexibility index (Phi) is 4.75. The molecule has 1 amide bonds. The quantitative estimate of drug-likeness (QED) is 0.710. The van der Waals surface area contributed by atoms with Gasteiger partial charge in [-0.1, -0.05) is 13.3 Å². The van der Waals surface area contributed by atoms with Gasteiger partial charge in [0, 0.05) is 35.0 Å². The maximum Gasteiger partial charge on any atom is 0.276 e. The molecule has 4 rings (SSSR count). The first-order chi connectivity index (χ1) is 12.7. The normalized spacial score (nSPS) is 13.5. The summed E-state index contributed by atoms with van der Waals surface area (Å²) in [7, 11) is 0. The Morgan fingerprint density at radius 1 is 1.31 bits per heavy atom. The molecule has 3 aromatic rings. The number of benzene rings is 1. The van der Waals surface area contributed by atoms with E-state index < -0.39 is 0 Å². The minimum absolute atomic E-state index is 0.183. The first-order valence-corrected chi connectivity index (χ1v) is 9.87. The number of anilines is 2. The van der Waals surface area contributed by atoms with Gasteiger partial charge < -0.3 is 10.2 Å². The molecule has 0 spiro atoms. The van der Waals surface area contributed by atoms with Crippen molar-refractivity contribution in [3.05, 3.63) is 63.6 Å². The molecular weight excluding hydrogens is 344 g/mol. The van der Waals surface area contributed by atoms with Crippen molar-refractivity contribution in [1.82, 2.24) is 10.2 Å². The third-order valence-electron chi connectivity index (χ3n) is 4.68. The second-order valence-corrected chi connectivity index (χ2v) is 7.57. The van der Waals surface area contributed by atoms with Crippen molar-refractivity contribution in [2.75, 3.05) is 16.8 Å². The van der Waals surface area contributed by atoms with Crippen molar-refractivity contribution in [1.29, 1.82) is 0 Å². The van der Waals surface area contributed by atoms with Crippen LogP contribution < -0.4 is 10.2 Å². The molecule has 1 aliphatic rings. The van der Waals surface area contributed by atoms with E-state index in [1.54, 1.807) is 0 Å². The first kappa shape index (κ1) is 16.8. The largest absolute Gasteiger partial charge is 0.367 e. The SMILES string of the molecule is CCCc1cc(C(=O)Nc2ccc(N3CCc4sccc4C3)cc2)n[nH]1. The zero-order chi connectivity index (χ0) is 17.9. The predicted molar refractivity (Wildman–Crippen MR) is 106 cm³/mol. The lowest BCUT2D eigenvalue weighted by atomic mass is 10.1. The van der Waals surface area contributed by atoms with Crippen LogP contribution in [0.2, 0.25) is 0 Å². The van der Waals surface area contributed by atoms with Gasteiger partial charge in [0.15, 0.2) is 5.69 Å². The van der Waals surface area contributed by atoms with Gasteiger partial charge in [-0.05, 0) is 60.2 Å². The molecule has 0 unspecified atom stereocenters. The van der Waals surface area contributed by atoms with Gasteiger partial charge in [0.1, 0.15) is 0 Å². The van der Waals surface area contributed by atoms with E-state index in [-0.39, 0.29) is 5.91 Å². The van der Waals surface area contributed by atoms with Gasteiger partial charge in [0.2, 0.25) is 0 Å². The summed E-state index contributed by atoms with van der Waals surface area (Å²) in [5.74, 6) is -0.183. The van der Waals surface area contributed by atoms with Gasteiger partial charge in [-0.25, -0.2) is 0 Å². The highest BCUT2D eigenvalue weighted by Crippen LogP contribution is 2.28. The fourth-order valence-corrected chi connectivity index (χ4v) is 4.18. The minimum Gasteiger partial charge on any atom is -0.367 e. The number of carbonyl (C=O) groups excluding carboxylic acids is 1. The van der Waals surface area contributed by atoms with E-state index in [1.165, 1.54) is 16.1 Å². The van der Waals surface area contributed by atoms with Gasteiger partial charge >= 0.3 is 0 Å². The van der Waals surface area contributed by atoms with Crippen molar-refractivity contribution >= 4 is 28.6 Å². The second kappa shape index (κ2) is 7.33. The number of rotatable bonds is 5. The molecule has 2 aromatic heterocycles. The van der Waals surface area contributed by atoms with Crippen LogP contribution >= 0.6 is 11.3 Å². The van der Waals surface area contributed by atoms with Gasteiger partial charge in [-0.2, -0.15) is 5.10 Å². The van der Waals surface area contributed by atoms with Crippen LogP contribution in [0, 0.1) is 0 Å². The molecule has 2 N–H and O–H groups in total. The van der Waals surface area contributed by atoms with Crippen molar-refractivity contribution in [2.45, 2.75) is 32.7 Å². The Balaban J connectivity index is 1.40. The van der Waals surface area contributed by atoms with Crippen LogP contribution in [0.1, 0.15) is 40.0 Å². The Hall–Kier alpha value is -2.60. The number of nitrogens with one attached hydrogen (secondary N) is 2. The molecule has 26 heavy (non-hydrogen) atoms. The van der Waals surface area contributed by atoms with Crippen molar-refractivity contribution in [3.63, 3.8) is 0 Å². The fraction of sp³-hybridized carbons (Fsp3) is 0.300. The lowest BCUT2D eigenvalue weighted by Crippen LogP contribution is -2.29. The van der Waals surface area contributed by atoms with Crippen LogP contribution in [0.15, 0.2) is 41.8 Å². The summed E-state index contributed by atoms with van der Waals surface area (Å²) < 4.78 is 0. The number of amides is 1. The molecule has 0 fully saturated rings. The van der Waals surface area contributed by atoms with Gasteiger partial charge in [0.25, 0.3) is 5.91 Å². The van der Waals surface area contributed by atoms with E-state index in [1.807, 2.05) is 29.5 Å². The van der Waals surface area contributed by atoms with Crippen LogP contribution in [-0.4, -0.2) is 22.6 Å². The molecule has 1 aromatic carbocycles. The van der Waals surface area contributed by atoms with E-state index in [4.69, 9.17) is 0 Å². The Bertz CT molecular complexity index is 897. The smallest absolute Gasteiger partial charge is 0.276 e. The van der Waals surface area contributed by atoms with Crippen molar-refractivity contribution < 1.29 is 4.79 Å². The minimum atomic E-state index is -0.183. The number of H-pyrrole nitrogens is 1. The van der Waals surface area contributed by atoms with E-state index in [0.717, 1.165) is 43.7 Å². The topological polar surface area (TPSA) is 61.0 Å². The highest BCUT2D eigenvalue weighted by Gasteiger charge is 2.17. The third kappa shape index (κ3) is 3.51. The summed E-state index contributed by atoms with van der Waals surface area (Å²) >= 11 is 1.85. The monoisotopic (exact) mass is 366 g/mol. The highest BCUT2D eigenvalue weighted by atomic mass is 32.1. The Morgan fingerprint density at radius 2 is 2.15 bits per heavy atom. The van der Waals surface area contributed by atoms with Gasteiger partial charge in [-0.15, -0.1) is 11.3 Å².